The fourth-order valence-corrected chi connectivity index (χ4v) is 3.12. The predicted molar refractivity (Wildman–Crippen MR) is 99.1 cm³/mol. The van der Waals surface area contributed by atoms with Crippen LogP contribution in [0.1, 0.15) is 0 Å². The number of furan rings is 1. The second kappa shape index (κ2) is 5.25. The minimum atomic E-state index is 0.0468. The van der Waals surface area contributed by atoms with Gasteiger partial charge in [0.15, 0.2) is 12.5 Å². The van der Waals surface area contributed by atoms with E-state index in [4.69, 9.17) is 4.42 Å². The summed E-state index contributed by atoms with van der Waals surface area (Å²) >= 11 is 0. The Kier molecular flexibility index (Phi) is 2.92. The van der Waals surface area contributed by atoms with Crippen LogP contribution < -0.4 is 5.43 Å². The molecule has 0 amide bonds. The van der Waals surface area contributed by atoms with E-state index in [-0.39, 0.29) is 4.70 Å². The van der Waals surface area contributed by atoms with E-state index in [2.05, 4.69) is 44.8 Å². The van der Waals surface area contributed by atoms with Gasteiger partial charge in [-0.2, -0.15) is 10.4 Å². The van der Waals surface area contributed by atoms with Crippen molar-refractivity contribution in [1.29, 1.82) is 0 Å². The van der Waals surface area contributed by atoms with Crippen LogP contribution >= 0.6 is 0 Å². The summed E-state index contributed by atoms with van der Waals surface area (Å²) in [5.41, 5.74) is 5.42. The van der Waals surface area contributed by atoms with E-state index < -0.39 is 0 Å². The van der Waals surface area contributed by atoms with E-state index in [0.29, 0.717) is 5.84 Å². The van der Waals surface area contributed by atoms with Crippen molar-refractivity contribution in [3.05, 3.63) is 67.2 Å². The van der Waals surface area contributed by atoms with Crippen LogP contribution in [-0.4, -0.2) is 23.1 Å². The monoisotopic (exact) mass is 328 g/mol. The molecule has 0 spiro atoms. The summed E-state index contributed by atoms with van der Waals surface area (Å²) in [6.45, 7) is 0. The number of benzene rings is 2. The molecule has 3 heterocycles. The number of aliphatic imine (C=N–C) groups is 2. The number of anilines is 1. The number of amidine groups is 1. The Morgan fingerprint density at radius 2 is 1.96 bits per heavy atom. The van der Waals surface area contributed by atoms with Gasteiger partial charge in [0, 0.05) is 10.9 Å². The molecule has 0 fully saturated rings. The van der Waals surface area contributed by atoms with Crippen LogP contribution in [0.3, 0.4) is 0 Å². The average molecular weight is 328 g/mol. The number of hydrogen-bond donors (Lipinski definition) is 1. The number of nitrogens with one attached hydrogen (secondary N) is 1. The molecule has 5 rings (SSSR count). The molecule has 1 unspecified atom stereocenters. The number of fused-ring (bicyclic) bond motifs is 2. The molecule has 1 aromatic heterocycles. The lowest BCUT2D eigenvalue weighted by atomic mass is 10.0. The molecule has 6 nitrogen and oxygen atoms in total. The second-order valence-corrected chi connectivity index (χ2v) is 5.78. The zero-order chi connectivity index (χ0) is 16.7. The van der Waals surface area contributed by atoms with Crippen molar-refractivity contribution in [1.82, 2.24) is 0 Å². The van der Waals surface area contributed by atoms with Crippen LogP contribution in [0.5, 0.6) is 0 Å². The highest BCUT2D eigenvalue weighted by molar-refractivity contribution is 6.29. The van der Waals surface area contributed by atoms with Gasteiger partial charge in [-0.1, -0.05) is 30.3 Å². The maximum atomic E-state index is 5.65. The Hall–Kier alpha value is -3.51. The molecule has 1 N–H and O–H groups in total. The lowest BCUT2D eigenvalue weighted by Crippen LogP contribution is -2.48. The third kappa shape index (κ3) is 2.12. The Labute approximate surface area is 143 Å². The van der Waals surface area contributed by atoms with E-state index in [1.165, 1.54) is 0 Å². The van der Waals surface area contributed by atoms with Gasteiger partial charge in [0.25, 0.3) is 0 Å². The van der Waals surface area contributed by atoms with Crippen LogP contribution in [0.4, 0.5) is 5.69 Å². The van der Waals surface area contributed by atoms with Crippen molar-refractivity contribution in [3.8, 4) is 11.3 Å². The summed E-state index contributed by atoms with van der Waals surface area (Å²) in [6.07, 6.45) is 8.50. The largest absolute Gasteiger partial charge is 0.464 e. The van der Waals surface area contributed by atoms with Crippen LogP contribution in [0.25, 0.3) is 22.1 Å². The second-order valence-electron chi connectivity index (χ2n) is 5.78. The fourth-order valence-electron chi connectivity index (χ4n) is 3.12. The molecule has 25 heavy (non-hydrogen) atoms. The lowest BCUT2D eigenvalue weighted by molar-refractivity contribution is -0.765. The summed E-state index contributed by atoms with van der Waals surface area (Å²) in [4.78, 5) is 8.46. The van der Waals surface area contributed by atoms with E-state index >= 15 is 0 Å². The van der Waals surface area contributed by atoms with Gasteiger partial charge in [0.1, 0.15) is 17.7 Å². The van der Waals surface area contributed by atoms with Crippen molar-refractivity contribution in [2.75, 3.05) is 5.43 Å². The smallest absolute Gasteiger partial charge is 0.305 e. The van der Waals surface area contributed by atoms with Crippen LogP contribution in [0.15, 0.2) is 86.7 Å². The van der Waals surface area contributed by atoms with E-state index in [1.807, 2.05) is 30.5 Å². The summed E-state index contributed by atoms with van der Waals surface area (Å²) in [7, 11) is 0. The van der Waals surface area contributed by atoms with Gasteiger partial charge < -0.3 is 4.42 Å². The first-order valence-corrected chi connectivity index (χ1v) is 7.92. The Bertz CT molecular complexity index is 1080. The van der Waals surface area contributed by atoms with Crippen molar-refractivity contribution in [2.24, 2.45) is 15.1 Å². The maximum absolute atomic E-state index is 5.65. The predicted octanol–water partition coefficient (Wildman–Crippen LogP) is 4.15. The summed E-state index contributed by atoms with van der Waals surface area (Å²) in [5.74, 6) is 1.50. The first kappa shape index (κ1) is 13.9. The Balaban J connectivity index is 1.73. The van der Waals surface area contributed by atoms with Crippen LogP contribution in [0.2, 0.25) is 0 Å². The quantitative estimate of drug-likeness (QED) is 0.734. The zero-order valence-electron chi connectivity index (χ0n) is 13.2. The van der Waals surface area contributed by atoms with Crippen LogP contribution in [0, 0.1) is 0 Å². The van der Waals surface area contributed by atoms with Gasteiger partial charge in [0.05, 0.1) is 12.5 Å². The summed E-state index contributed by atoms with van der Waals surface area (Å²) in [6, 6.07) is 16.2. The summed E-state index contributed by atoms with van der Waals surface area (Å²) in [5, 5.41) is 6.72. The third-order valence-corrected chi connectivity index (χ3v) is 4.33. The van der Waals surface area contributed by atoms with Gasteiger partial charge in [-0.15, -0.1) is 0 Å². The van der Waals surface area contributed by atoms with Crippen molar-refractivity contribution in [3.63, 3.8) is 0 Å². The van der Waals surface area contributed by atoms with E-state index in [9.17, 15) is 0 Å². The van der Waals surface area contributed by atoms with E-state index in [0.717, 1.165) is 27.8 Å². The first-order chi connectivity index (χ1) is 12.4. The number of quaternary nitrogens is 1. The molecule has 2 aliphatic heterocycles. The molecule has 0 radical (unpaired) electrons. The number of hydrogen-bond acceptors (Lipinski definition) is 5. The molecule has 1 atom stereocenters. The van der Waals surface area contributed by atoms with Crippen molar-refractivity contribution < 1.29 is 9.12 Å². The number of nitrogens with zero attached hydrogens (tertiary/aromatic N) is 4. The average Bonchev–Trinajstić information content (AvgIpc) is 3.32. The minimum Gasteiger partial charge on any atom is -0.464 e. The molecule has 0 bridgehead atoms. The molecule has 3 aromatic rings. The van der Waals surface area contributed by atoms with Gasteiger partial charge in [-0.3, -0.25) is 4.99 Å². The highest BCUT2D eigenvalue weighted by Gasteiger charge is 2.39. The maximum Gasteiger partial charge on any atom is 0.305 e. The molecule has 0 aliphatic carbocycles. The zero-order valence-corrected chi connectivity index (χ0v) is 13.2. The molecule has 6 heteroatoms. The topological polar surface area (TPSA) is 62.2 Å². The van der Waals surface area contributed by atoms with Crippen molar-refractivity contribution in [2.45, 2.75) is 0 Å². The third-order valence-electron chi connectivity index (χ3n) is 4.33. The van der Waals surface area contributed by atoms with E-state index in [1.54, 1.807) is 25.0 Å². The Morgan fingerprint density at radius 3 is 2.88 bits per heavy atom. The normalized spacial score (nSPS) is 20.7. The Morgan fingerprint density at radius 1 is 1.00 bits per heavy atom. The highest BCUT2D eigenvalue weighted by Crippen LogP contribution is 2.37. The van der Waals surface area contributed by atoms with Gasteiger partial charge in [-0.25, -0.2) is 0 Å². The summed E-state index contributed by atoms with van der Waals surface area (Å²) < 4.78 is 5.69. The van der Waals surface area contributed by atoms with Crippen molar-refractivity contribution >= 4 is 34.8 Å². The molecule has 2 aromatic carbocycles. The van der Waals surface area contributed by atoms with Gasteiger partial charge in [-0.05, 0) is 33.4 Å². The molecule has 0 saturated carbocycles. The molecule has 0 saturated heterocycles. The standard InChI is InChI=1S/C19H14N5O/c1-2-5-15-14(4-1)7-8-16(17-6-3-11-25-17)19(15)23-24-10-9-20-12-18(24)21-13-22-24/h1-13,23H/q+1. The first-order valence-electron chi connectivity index (χ1n) is 7.92. The molecular formula is C19H14N5O+. The minimum absolute atomic E-state index is 0.0468. The van der Waals surface area contributed by atoms with Crippen LogP contribution in [-0.2, 0) is 0 Å². The fraction of sp³-hybridized carbons (Fsp3) is 0. The molecule has 2 aliphatic rings. The molecular weight excluding hydrogens is 314 g/mol. The SMILES string of the molecule is C1=C[N+]2(Nc3c(-c4ccco4)ccc4ccccc34)N=CN=C2C=N1. The lowest BCUT2D eigenvalue weighted by Gasteiger charge is -2.26. The van der Waals surface area contributed by atoms with Gasteiger partial charge in [0.2, 0.25) is 0 Å². The number of rotatable bonds is 3. The van der Waals surface area contributed by atoms with Gasteiger partial charge >= 0.3 is 5.84 Å². The molecule has 120 valence electrons. The highest BCUT2D eigenvalue weighted by atomic mass is 16.3.